The number of nitrogens with two attached hydrogens (primary N) is 1. The fourth-order valence-corrected chi connectivity index (χ4v) is 2.01. The van der Waals surface area contributed by atoms with Crippen molar-refractivity contribution >= 4 is 33.7 Å². The van der Waals surface area contributed by atoms with Crippen LogP contribution in [-0.2, 0) is 14.5 Å². The number of amides is 2. The molecule has 0 aliphatic heterocycles. The molecule has 2 amide bonds. The van der Waals surface area contributed by atoms with Crippen molar-refractivity contribution in [2.24, 2.45) is 10.1 Å². The summed E-state index contributed by atoms with van der Waals surface area (Å²) < 4.78 is 30.4. The zero-order valence-electron chi connectivity index (χ0n) is 11.3. The van der Waals surface area contributed by atoms with E-state index in [1.165, 1.54) is 31.2 Å². The van der Waals surface area contributed by atoms with Gasteiger partial charge in [0.05, 0.1) is 11.5 Å². The lowest BCUT2D eigenvalue weighted by Gasteiger charge is -2.10. The van der Waals surface area contributed by atoms with Crippen molar-refractivity contribution in [3.8, 4) is 0 Å². The largest absolute Gasteiger partial charge is 0.384 e. The maximum Gasteiger partial charge on any atom is 0.384 e. The molecule has 0 fully saturated rings. The Balaban J connectivity index is 3.18. The fourth-order valence-electron chi connectivity index (χ4n) is 1.35. The molecular formula is C10H13N5O6S. The number of carbonyl (C=O) groups excluding carboxylic acids is 1. The van der Waals surface area contributed by atoms with Crippen LogP contribution in [-0.4, -0.2) is 31.9 Å². The first kappa shape index (κ1) is 17.3. The summed E-state index contributed by atoms with van der Waals surface area (Å²) in [5, 5.41) is 15.1. The summed E-state index contributed by atoms with van der Waals surface area (Å²) in [5.74, 6) is -0.629. The number of benzene rings is 1. The Kier molecular flexibility index (Phi) is 5.77. The topological polar surface area (TPSA) is 166 Å². The van der Waals surface area contributed by atoms with Crippen molar-refractivity contribution in [2.75, 3.05) is 11.9 Å². The van der Waals surface area contributed by atoms with Crippen molar-refractivity contribution in [3.05, 3.63) is 34.4 Å². The van der Waals surface area contributed by atoms with Crippen LogP contribution in [0.15, 0.2) is 28.7 Å². The van der Waals surface area contributed by atoms with Crippen LogP contribution in [0.25, 0.3) is 0 Å². The Morgan fingerprint density at radius 2 is 2.09 bits per heavy atom. The van der Waals surface area contributed by atoms with E-state index in [1.807, 2.05) is 5.32 Å². The van der Waals surface area contributed by atoms with Gasteiger partial charge in [-0.3, -0.25) is 19.6 Å². The molecule has 0 saturated heterocycles. The summed E-state index contributed by atoms with van der Waals surface area (Å²) in [6.07, 6.45) is 0. The number of guanidine groups is 1. The minimum absolute atomic E-state index is 0.0910. The maximum atomic E-state index is 11.5. The highest BCUT2D eigenvalue weighted by molar-refractivity contribution is 7.85. The van der Waals surface area contributed by atoms with Gasteiger partial charge < -0.3 is 11.1 Å². The molecule has 0 aromatic heterocycles. The standard InChI is InChI=1S/C10H13N5O6S/c1-2-21-22(19,20)14-10(13-9(11)16)12-7-5-3-4-6-8(7)15(17)18/h3-6H,2H2,1H3,(H4,11,12,13,14,16). The van der Waals surface area contributed by atoms with Gasteiger partial charge in [-0.1, -0.05) is 12.1 Å². The summed E-state index contributed by atoms with van der Waals surface area (Å²) in [6.45, 7) is 1.24. The third-order valence-electron chi connectivity index (χ3n) is 2.07. The number of carbonyl (C=O) groups is 1. The molecule has 0 aliphatic carbocycles. The summed E-state index contributed by atoms with van der Waals surface area (Å²) in [4.78, 5) is 21.1. The van der Waals surface area contributed by atoms with Crippen molar-refractivity contribution in [3.63, 3.8) is 0 Å². The number of nitro groups is 1. The molecule has 120 valence electrons. The van der Waals surface area contributed by atoms with Crippen molar-refractivity contribution in [2.45, 2.75) is 6.92 Å². The minimum Gasteiger partial charge on any atom is -0.351 e. The molecule has 0 saturated carbocycles. The highest BCUT2D eigenvalue weighted by Gasteiger charge is 2.17. The van der Waals surface area contributed by atoms with Gasteiger partial charge in [-0.15, -0.1) is 4.40 Å². The Morgan fingerprint density at radius 3 is 2.64 bits per heavy atom. The second kappa shape index (κ2) is 7.33. The van der Waals surface area contributed by atoms with Crippen LogP contribution in [0.4, 0.5) is 16.2 Å². The molecule has 0 radical (unpaired) electrons. The number of para-hydroxylation sites is 2. The van der Waals surface area contributed by atoms with E-state index < -0.39 is 27.2 Å². The first-order valence-electron chi connectivity index (χ1n) is 5.81. The minimum atomic E-state index is -4.34. The first-order valence-corrected chi connectivity index (χ1v) is 7.18. The number of primary amides is 1. The van der Waals surface area contributed by atoms with Crippen molar-refractivity contribution in [1.82, 2.24) is 5.32 Å². The molecular weight excluding hydrogens is 318 g/mol. The second-order valence-electron chi connectivity index (χ2n) is 3.66. The summed E-state index contributed by atoms with van der Waals surface area (Å²) >= 11 is 0. The van der Waals surface area contributed by atoms with E-state index >= 15 is 0 Å². The molecule has 0 bridgehead atoms. The smallest absolute Gasteiger partial charge is 0.351 e. The predicted octanol–water partition coefficient (Wildman–Crippen LogP) is 0.312. The normalized spacial score (nSPS) is 11.8. The average molecular weight is 331 g/mol. The number of rotatable bonds is 5. The molecule has 4 N–H and O–H groups in total. The van der Waals surface area contributed by atoms with E-state index in [2.05, 4.69) is 13.9 Å². The SMILES string of the molecule is CCOS(=O)(=O)N=C(NC(N)=O)Nc1ccccc1[N+](=O)[O-]. The molecule has 0 spiro atoms. The van der Waals surface area contributed by atoms with Gasteiger partial charge in [0.2, 0.25) is 5.96 Å². The van der Waals surface area contributed by atoms with Gasteiger partial charge >= 0.3 is 16.3 Å². The molecule has 1 aromatic carbocycles. The second-order valence-corrected chi connectivity index (χ2v) is 4.94. The lowest BCUT2D eigenvalue weighted by Crippen LogP contribution is -2.40. The first-order chi connectivity index (χ1) is 10.2. The molecule has 22 heavy (non-hydrogen) atoms. The molecule has 0 aliphatic rings. The third kappa shape index (κ3) is 5.34. The van der Waals surface area contributed by atoms with Crippen LogP contribution in [0.2, 0.25) is 0 Å². The van der Waals surface area contributed by atoms with Gasteiger partial charge in [0, 0.05) is 6.07 Å². The van der Waals surface area contributed by atoms with Crippen molar-refractivity contribution < 1.29 is 22.3 Å². The summed E-state index contributed by atoms with van der Waals surface area (Å²) in [6, 6.07) is 4.24. The van der Waals surface area contributed by atoms with Crippen molar-refractivity contribution in [1.29, 1.82) is 0 Å². The number of hydrogen-bond donors (Lipinski definition) is 3. The molecule has 0 atom stereocenters. The van der Waals surface area contributed by atoms with Gasteiger partial charge in [-0.25, -0.2) is 4.79 Å². The van der Waals surface area contributed by atoms with Crippen LogP contribution >= 0.6 is 0 Å². The fraction of sp³-hybridized carbons (Fsp3) is 0.200. The molecule has 0 unspecified atom stereocenters. The lowest BCUT2D eigenvalue weighted by molar-refractivity contribution is -0.383. The Labute approximate surface area is 125 Å². The monoisotopic (exact) mass is 331 g/mol. The van der Waals surface area contributed by atoms with Crippen LogP contribution in [0.1, 0.15) is 6.92 Å². The molecule has 12 heteroatoms. The molecule has 1 rings (SSSR count). The summed E-state index contributed by atoms with van der Waals surface area (Å²) in [7, 11) is -4.34. The van der Waals surface area contributed by atoms with E-state index in [9.17, 15) is 23.3 Å². The van der Waals surface area contributed by atoms with Gasteiger partial charge in [0.25, 0.3) is 5.69 Å². The number of nitro benzene ring substituents is 1. The highest BCUT2D eigenvalue weighted by Crippen LogP contribution is 2.23. The molecule has 1 aromatic rings. The van der Waals surface area contributed by atoms with E-state index in [-0.39, 0.29) is 18.0 Å². The van der Waals surface area contributed by atoms with Gasteiger partial charge in [-0.05, 0) is 13.0 Å². The number of anilines is 1. The van der Waals surface area contributed by atoms with Crippen LogP contribution in [0.3, 0.4) is 0 Å². The molecule has 11 nitrogen and oxygen atoms in total. The van der Waals surface area contributed by atoms with E-state index in [0.717, 1.165) is 0 Å². The van der Waals surface area contributed by atoms with Gasteiger partial charge in [0.15, 0.2) is 0 Å². The third-order valence-corrected chi connectivity index (χ3v) is 3.01. The highest BCUT2D eigenvalue weighted by atomic mass is 32.2. The number of nitrogens with zero attached hydrogens (tertiary/aromatic N) is 2. The van der Waals surface area contributed by atoms with E-state index in [1.54, 1.807) is 0 Å². The van der Waals surface area contributed by atoms with E-state index in [4.69, 9.17) is 5.73 Å². The van der Waals surface area contributed by atoms with E-state index in [0.29, 0.717) is 0 Å². The van der Waals surface area contributed by atoms with Crippen LogP contribution in [0.5, 0.6) is 0 Å². The number of hydrogen-bond acceptors (Lipinski definition) is 6. The Morgan fingerprint density at radius 1 is 1.45 bits per heavy atom. The van der Waals surface area contributed by atoms with Gasteiger partial charge in [0.1, 0.15) is 5.69 Å². The summed E-state index contributed by atoms with van der Waals surface area (Å²) in [5.41, 5.74) is 4.45. The molecule has 0 heterocycles. The van der Waals surface area contributed by atoms with Crippen LogP contribution < -0.4 is 16.4 Å². The quantitative estimate of drug-likeness (QED) is 0.302. The van der Waals surface area contributed by atoms with Crippen LogP contribution in [0, 0.1) is 10.1 Å². The average Bonchev–Trinajstić information content (AvgIpc) is 2.37. The Hall–Kier alpha value is -2.73. The lowest BCUT2D eigenvalue weighted by atomic mass is 10.3. The zero-order chi connectivity index (χ0) is 16.8. The number of nitrogens with one attached hydrogen (secondary N) is 2. The van der Waals surface area contributed by atoms with Gasteiger partial charge in [-0.2, -0.15) is 8.42 Å². The predicted molar refractivity (Wildman–Crippen MR) is 77.4 cm³/mol. The number of urea groups is 1. The Bertz CT molecular complexity index is 702. The maximum absolute atomic E-state index is 11.5. The zero-order valence-corrected chi connectivity index (χ0v) is 12.2.